The zero-order valence-corrected chi connectivity index (χ0v) is 13.8. The van der Waals surface area contributed by atoms with E-state index in [1.54, 1.807) is 12.1 Å². The van der Waals surface area contributed by atoms with Crippen molar-refractivity contribution in [2.75, 3.05) is 0 Å². The molecule has 1 aromatic heterocycles. The number of aromatic carboxylic acids is 1. The van der Waals surface area contributed by atoms with E-state index in [0.29, 0.717) is 13.7 Å². The zero-order chi connectivity index (χ0) is 14.9. The second kappa shape index (κ2) is 5.85. The van der Waals surface area contributed by atoms with Crippen molar-refractivity contribution in [2.45, 2.75) is 10.6 Å². The molecule has 0 amide bonds. The number of carboxylic acids is 1. The van der Waals surface area contributed by atoms with Gasteiger partial charge in [-0.25, -0.2) is 13.2 Å². The first-order valence-electron chi connectivity index (χ1n) is 5.29. The first kappa shape index (κ1) is 15.5. The van der Waals surface area contributed by atoms with Gasteiger partial charge in [0.05, 0.1) is 20.5 Å². The number of carbonyl (C=O) groups is 1. The van der Waals surface area contributed by atoms with Crippen molar-refractivity contribution in [1.29, 1.82) is 0 Å². The molecule has 2 aromatic rings. The lowest BCUT2D eigenvalue weighted by Gasteiger charge is -2.07. The standard InChI is InChI=1S/C12H8BrClO4S2/c13-9-3-1-7(12(15)16)5-10(9)20(17,18)6-8-2-4-11(14)19-8/h1-5H,6H2,(H,15,16). The molecule has 0 fully saturated rings. The summed E-state index contributed by atoms with van der Waals surface area (Å²) in [7, 11) is -3.65. The zero-order valence-electron chi connectivity index (χ0n) is 9.84. The Hall–Kier alpha value is -0.890. The Morgan fingerprint density at radius 3 is 2.55 bits per heavy atom. The summed E-state index contributed by atoms with van der Waals surface area (Å²) >= 11 is 10.1. The highest BCUT2D eigenvalue weighted by Gasteiger charge is 2.21. The van der Waals surface area contributed by atoms with Gasteiger partial charge in [-0.05, 0) is 46.3 Å². The Morgan fingerprint density at radius 2 is 2.00 bits per heavy atom. The summed E-state index contributed by atoms with van der Waals surface area (Å²) in [6.45, 7) is 0. The van der Waals surface area contributed by atoms with Crippen LogP contribution in [0.15, 0.2) is 39.7 Å². The fourth-order valence-corrected chi connectivity index (χ4v) is 5.44. The lowest BCUT2D eigenvalue weighted by Crippen LogP contribution is -2.07. The van der Waals surface area contributed by atoms with Gasteiger partial charge in [-0.1, -0.05) is 11.6 Å². The van der Waals surface area contributed by atoms with Gasteiger partial charge in [-0.3, -0.25) is 0 Å². The first-order chi connectivity index (χ1) is 9.29. The number of hydrogen-bond donors (Lipinski definition) is 1. The van der Waals surface area contributed by atoms with Crippen LogP contribution in [-0.4, -0.2) is 19.5 Å². The van der Waals surface area contributed by atoms with E-state index in [0.717, 1.165) is 6.07 Å². The highest BCUT2D eigenvalue weighted by atomic mass is 79.9. The van der Waals surface area contributed by atoms with Crippen LogP contribution in [0.3, 0.4) is 0 Å². The fraction of sp³-hybridized carbons (Fsp3) is 0.0833. The average Bonchev–Trinajstić information content (AvgIpc) is 2.73. The van der Waals surface area contributed by atoms with Gasteiger partial charge in [0.15, 0.2) is 9.84 Å². The van der Waals surface area contributed by atoms with Crippen LogP contribution < -0.4 is 0 Å². The van der Waals surface area contributed by atoms with E-state index < -0.39 is 15.8 Å². The lowest BCUT2D eigenvalue weighted by atomic mass is 10.2. The minimum absolute atomic E-state index is 0.0399. The summed E-state index contributed by atoms with van der Waals surface area (Å²) in [4.78, 5) is 11.5. The third-order valence-corrected chi connectivity index (χ3v) is 6.54. The van der Waals surface area contributed by atoms with E-state index in [4.69, 9.17) is 16.7 Å². The SMILES string of the molecule is O=C(O)c1ccc(Br)c(S(=O)(=O)Cc2ccc(Cl)s2)c1. The molecule has 0 saturated heterocycles. The van der Waals surface area contributed by atoms with E-state index in [1.807, 2.05) is 0 Å². The molecular formula is C12H8BrClO4S2. The molecule has 8 heteroatoms. The fourth-order valence-electron chi connectivity index (χ4n) is 1.57. The summed E-state index contributed by atoms with van der Waals surface area (Å²) in [6.07, 6.45) is 0. The summed E-state index contributed by atoms with van der Waals surface area (Å²) in [5.41, 5.74) is -0.0732. The summed E-state index contributed by atoms with van der Waals surface area (Å²) in [6, 6.07) is 7.17. The van der Waals surface area contributed by atoms with E-state index in [9.17, 15) is 13.2 Å². The maximum absolute atomic E-state index is 12.3. The molecule has 0 aliphatic heterocycles. The molecule has 1 N–H and O–H groups in total. The third kappa shape index (κ3) is 3.41. The smallest absolute Gasteiger partial charge is 0.335 e. The monoisotopic (exact) mass is 394 g/mol. The van der Waals surface area contributed by atoms with Crippen molar-refractivity contribution in [3.63, 3.8) is 0 Å². The number of carboxylic acid groups (broad SMARTS) is 1. The minimum Gasteiger partial charge on any atom is -0.478 e. The molecule has 0 bridgehead atoms. The molecule has 2 rings (SSSR count). The number of thiophene rings is 1. The molecule has 1 aromatic carbocycles. The topological polar surface area (TPSA) is 71.4 Å². The van der Waals surface area contributed by atoms with Crippen molar-refractivity contribution in [2.24, 2.45) is 0 Å². The number of benzene rings is 1. The molecule has 0 spiro atoms. The maximum atomic E-state index is 12.3. The van der Waals surface area contributed by atoms with E-state index in [1.165, 1.54) is 23.5 Å². The summed E-state index contributed by atoms with van der Waals surface area (Å²) in [5, 5.41) is 8.93. The van der Waals surface area contributed by atoms with Gasteiger partial charge in [0.2, 0.25) is 0 Å². The number of rotatable bonds is 4. The van der Waals surface area contributed by atoms with E-state index in [-0.39, 0.29) is 16.2 Å². The Morgan fingerprint density at radius 1 is 1.30 bits per heavy atom. The molecule has 106 valence electrons. The molecule has 1 heterocycles. The third-order valence-electron chi connectivity index (χ3n) is 2.47. The first-order valence-corrected chi connectivity index (χ1v) is 8.93. The van der Waals surface area contributed by atoms with Crippen LogP contribution in [0.5, 0.6) is 0 Å². The Kier molecular flexibility index (Phi) is 4.53. The van der Waals surface area contributed by atoms with Gasteiger partial charge in [0.25, 0.3) is 0 Å². The lowest BCUT2D eigenvalue weighted by molar-refractivity contribution is 0.0696. The largest absolute Gasteiger partial charge is 0.478 e. The predicted molar refractivity (Wildman–Crippen MR) is 81.3 cm³/mol. The highest BCUT2D eigenvalue weighted by Crippen LogP contribution is 2.29. The van der Waals surface area contributed by atoms with Gasteiger partial charge >= 0.3 is 5.97 Å². The highest BCUT2D eigenvalue weighted by molar-refractivity contribution is 9.10. The van der Waals surface area contributed by atoms with E-state index >= 15 is 0 Å². The van der Waals surface area contributed by atoms with Crippen LogP contribution >= 0.6 is 38.9 Å². The van der Waals surface area contributed by atoms with Crippen molar-refractivity contribution >= 4 is 54.7 Å². The maximum Gasteiger partial charge on any atom is 0.335 e. The predicted octanol–water partition coefficient (Wildman–Crippen LogP) is 3.84. The normalized spacial score (nSPS) is 11.5. The van der Waals surface area contributed by atoms with Gasteiger partial charge in [-0.15, -0.1) is 11.3 Å². The molecule has 20 heavy (non-hydrogen) atoms. The van der Waals surface area contributed by atoms with Crippen LogP contribution in [0.1, 0.15) is 15.2 Å². The number of halogens is 2. The van der Waals surface area contributed by atoms with Crippen molar-refractivity contribution < 1.29 is 18.3 Å². The van der Waals surface area contributed by atoms with Gasteiger partial charge in [0.1, 0.15) is 0 Å². The van der Waals surface area contributed by atoms with Crippen molar-refractivity contribution in [3.05, 3.63) is 49.6 Å². The van der Waals surface area contributed by atoms with Crippen LogP contribution in [0, 0.1) is 0 Å². The molecule has 4 nitrogen and oxygen atoms in total. The second-order valence-electron chi connectivity index (χ2n) is 3.92. The summed E-state index contributed by atoms with van der Waals surface area (Å²) in [5.74, 6) is -1.39. The molecule has 0 unspecified atom stereocenters. The molecule has 0 saturated carbocycles. The van der Waals surface area contributed by atoms with Crippen LogP contribution in [0.25, 0.3) is 0 Å². The number of sulfone groups is 1. The van der Waals surface area contributed by atoms with Crippen LogP contribution in [-0.2, 0) is 15.6 Å². The molecule has 0 aliphatic rings. The Balaban J connectivity index is 2.43. The molecule has 0 aliphatic carbocycles. The van der Waals surface area contributed by atoms with Crippen LogP contribution in [0.4, 0.5) is 0 Å². The van der Waals surface area contributed by atoms with Crippen molar-refractivity contribution in [1.82, 2.24) is 0 Å². The second-order valence-corrected chi connectivity index (χ2v) is 8.53. The molecular weight excluding hydrogens is 388 g/mol. The quantitative estimate of drug-likeness (QED) is 0.854. The minimum atomic E-state index is -3.65. The van der Waals surface area contributed by atoms with Crippen LogP contribution in [0.2, 0.25) is 4.34 Å². The molecule has 0 radical (unpaired) electrons. The Bertz CT molecular complexity index is 768. The summed E-state index contributed by atoms with van der Waals surface area (Å²) < 4.78 is 25.5. The van der Waals surface area contributed by atoms with Gasteiger partial charge in [-0.2, -0.15) is 0 Å². The average molecular weight is 396 g/mol. The number of hydrogen-bond acceptors (Lipinski definition) is 4. The van der Waals surface area contributed by atoms with E-state index in [2.05, 4.69) is 15.9 Å². The Labute approximate surface area is 133 Å². The van der Waals surface area contributed by atoms with Crippen molar-refractivity contribution in [3.8, 4) is 0 Å². The molecule has 0 atom stereocenters. The van der Waals surface area contributed by atoms with Gasteiger partial charge < -0.3 is 5.11 Å². The van der Waals surface area contributed by atoms with Gasteiger partial charge in [0, 0.05) is 9.35 Å².